The number of nitriles is 1. The fraction of sp³-hybridized carbons (Fsp3) is 0.150. The van der Waals surface area contributed by atoms with Gasteiger partial charge in [0.2, 0.25) is 0 Å². The second-order valence-corrected chi connectivity index (χ2v) is 6.43. The zero-order valence-electron chi connectivity index (χ0n) is 14.4. The fourth-order valence-corrected chi connectivity index (χ4v) is 3.49. The number of hydrogen-bond donors (Lipinski definition) is 0. The molecule has 0 radical (unpaired) electrons. The van der Waals surface area contributed by atoms with Crippen LogP contribution < -0.4 is 4.74 Å². The van der Waals surface area contributed by atoms with Gasteiger partial charge in [-0.25, -0.2) is 0 Å². The Kier molecular flexibility index (Phi) is 5.72. The van der Waals surface area contributed by atoms with Gasteiger partial charge in [-0.05, 0) is 35.9 Å². The summed E-state index contributed by atoms with van der Waals surface area (Å²) in [5.74, 6) is 2.23. The van der Waals surface area contributed by atoms with Gasteiger partial charge in [0, 0.05) is 17.9 Å². The largest absolute Gasteiger partial charge is 0.497 e. The van der Waals surface area contributed by atoms with Crippen molar-refractivity contribution in [2.24, 2.45) is 0 Å². The van der Waals surface area contributed by atoms with Gasteiger partial charge in [-0.15, -0.1) is 16.8 Å². The van der Waals surface area contributed by atoms with E-state index >= 15 is 0 Å². The maximum atomic E-state index is 9.23. The summed E-state index contributed by atoms with van der Waals surface area (Å²) in [5, 5.41) is 18.7. The molecule has 2 aromatic carbocycles. The maximum absolute atomic E-state index is 9.23. The monoisotopic (exact) mass is 362 g/mol. The van der Waals surface area contributed by atoms with Crippen molar-refractivity contribution in [3.05, 3.63) is 72.3 Å². The number of benzene rings is 2. The van der Waals surface area contributed by atoms with Crippen LogP contribution in [0.4, 0.5) is 0 Å². The van der Waals surface area contributed by atoms with Crippen molar-refractivity contribution in [2.75, 3.05) is 7.11 Å². The highest BCUT2D eigenvalue weighted by Gasteiger charge is 2.14. The van der Waals surface area contributed by atoms with Gasteiger partial charge in [0.25, 0.3) is 0 Å². The molecule has 0 bridgehead atoms. The summed E-state index contributed by atoms with van der Waals surface area (Å²) >= 11 is 1.56. The number of nitrogens with zero attached hydrogens (tertiary/aromatic N) is 4. The molecule has 26 heavy (non-hydrogen) atoms. The third kappa shape index (κ3) is 3.79. The highest BCUT2D eigenvalue weighted by Crippen LogP contribution is 2.28. The van der Waals surface area contributed by atoms with E-state index in [1.807, 2.05) is 59.2 Å². The van der Waals surface area contributed by atoms with E-state index in [-0.39, 0.29) is 0 Å². The summed E-state index contributed by atoms with van der Waals surface area (Å²) in [4.78, 5) is 0. The SMILES string of the molecule is C=CCn1c(SCc2ccccc2C#N)nnc1-c1ccc(OC)cc1. The van der Waals surface area contributed by atoms with E-state index in [1.165, 1.54) is 0 Å². The Morgan fingerprint density at radius 3 is 2.65 bits per heavy atom. The minimum Gasteiger partial charge on any atom is -0.497 e. The van der Waals surface area contributed by atoms with E-state index in [1.54, 1.807) is 18.9 Å². The minimum absolute atomic E-state index is 0.608. The maximum Gasteiger partial charge on any atom is 0.192 e. The van der Waals surface area contributed by atoms with Crippen molar-refractivity contribution in [1.82, 2.24) is 14.8 Å². The molecule has 0 fully saturated rings. The molecule has 0 N–H and O–H groups in total. The summed E-state index contributed by atoms with van der Waals surface area (Å²) in [6, 6.07) is 17.5. The molecule has 0 unspecified atom stereocenters. The Morgan fingerprint density at radius 1 is 1.19 bits per heavy atom. The predicted molar refractivity (Wildman–Crippen MR) is 103 cm³/mol. The Morgan fingerprint density at radius 2 is 1.96 bits per heavy atom. The second-order valence-electron chi connectivity index (χ2n) is 5.49. The average Bonchev–Trinajstić information content (AvgIpc) is 3.09. The molecule has 3 aromatic rings. The Bertz CT molecular complexity index is 941. The first-order valence-electron chi connectivity index (χ1n) is 8.06. The lowest BCUT2D eigenvalue weighted by Crippen LogP contribution is -2.01. The first kappa shape index (κ1) is 17.8. The molecule has 130 valence electrons. The predicted octanol–water partition coefficient (Wildman–Crippen LogP) is 4.30. The Hall–Kier alpha value is -3.04. The van der Waals surface area contributed by atoms with E-state index in [4.69, 9.17) is 4.74 Å². The van der Waals surface area contributed by atoms with Gasteiger partial charge < -0.3 is 4.74 Å². The molecule has 0 amide bonds. The lowest BCUT2D eigenvalue weighted by molar-refractivity contribution is 0.415. The van der Waals surface area contributed by atoms with E-state index in [2.05, 4.69) is 22.8 Å². The van der Waals surface area contributed by atoms with Gasteiger partial charge in [-0.3, -0.25) is 4.57 Å². The zero-order chi connectivity index (χ0) is 18.4. The molecule has 0 aliphatic rings. The molecule has 0 spiro atoms. The summed E-state index contributed by atoms with van der Waals surface area (Å²) in [6.45, 7) is 4.44. The molecular formula is C20H18N4OS. The molecule has 0 aliphatic carbocycles. The summed E-state index contributed by atoms with van der Waals surface area (Å²) in [6.07, 6.45) is 1.82. The topological polar surface area (TPSA) is 63.7 Å². The summed E-state index contributed by atoms with van der Waals surface area (Å²) < 4.78 is 7.23. The highest BCUT2D eigenvalue weighted by atomic mass is 32.2. The highest BCUT2D eigenvalue weighted by molar-refractivity contribution is 7.98. The smallest absolute Gasteiger partial charge is 0.192 e. The number of aromatic nitrogens is 3. The van der Waals surface area contributed by atoms with Crippen molar-refractivity contribution in [3.63, 3.8) is 0 Å². The van der Waals surface area contributed by atoms with Crippen LogP contribution in [0.15, 0.2) is 66.3 Å². The van der Waals surface area contributed by atoms with Gasteiger partial charge in [0.05, 0.1) is 18.7 Å². The van der Waals surface area contributed by atoms with Crippen molar-refractivity contribution in [3.8, 4) is 23.2 Å². The number of methoxy groups -OCH3 is 1. The first-order chi connectivity index (χ1) is 12.8. The Labute approximate surface area is 157 Å². The van der Waals surface area contributed by atoms with Gasteiger partial charge in [-0.2, -0.15) is 5.26 Å². The standard InChI is InChI=1S/C20H18N4OS/c1-3-12-24-19(15-8-10-18(25-2)11-9-15)22-23-20(24)26-14-17-7-5-4-6-16(17)13-21/h3-11H,1,12,14H2,2H3. The van der Waals surface area contributed by atoms with Gasteiger partial charge >= 0.3 is 0 Å². The van der Waals surface area contributed by atoms with Crippen molar-refractivity contribution in [2.45, 2.75) is 17.5 Å². The molecular weight excluding hydrogens is 344 g/mol. The normalized spacial score (nSPS) is 10.3. The van der Waals surface area contributed by atoms with Crippen LogP contribution in [0.5, 0.6) is 5.75 Å². The zero-order valence-corrected chi connectivity index (χ0v) is 15.2. The van der Waals surface area contributed by atoms with Crippen molar-refractivity contribution in [1.29, 1.82) is 5.26 Å². The van der Waals surface area contributed by atoms with E-state index < -0.39 is 0 Å². The lowest BCUT2D eigenvalue weighted by Gasteiger charge is -2.09. The number of ether oxygens (including phenoxy) is 1. The molecule has 0 aliphatic heterocycles. The average molecular weight is 362 g/mol. The van der Waals surface area contributed by atoms with Crippen LogP contribution in [-0.2, 0) is 12.3 Å². The van der Waals surface area contributed by atoms with E-state index in [9.17, 15) is 5.26 Å². The Balaban J connectivity index is 1.87. The van der Waals surface area contributed by atoms with Crippen LogP contribution >= 0.6 is 11.8 Å². The summed E-state index contributed by atoms with van der Waals surface area (Å²) in [5.41, 5.74) is 2.63. The number of thioether (sulfide) groups is 1. The lowest BCUT2D eigenvalue weighted by atomic mass is 10.1. The van der Waals surface area contributed by atoms with Gasteiger partial charge in [0.1, 0.15) is 5.75 Å². The van der Waals surface area contributed by atoms with E-state index in [0.717, 1.165) is 27.9 Å². The number of hydrogen-bond acceptors (Lipinski definition) is 5. The van der Waals surface area contributed by atoms with Crippen molar-refractivity contribution < 1.29 is 4.74 Å². The fourth-order valence-electron chi connectivity index (χ4n) is 2.54. The third-order valence-corrected chi connectivity index (χ3v) is 4.89. The van der Waals surface area contributed by atoms with E-state index in [0.29, 0.717) is 17.9 Å². The first-order valence-corrected chi connectivity index (χ1v) is 9.04. The molecule has 0 atom stereocenters. The van der Waals surface area contributed by atoms with Crippen LogP contribution in [0.1, 0.15) is 11.1 Å². The molecule has 0 saturated heterocycles. The molecule has 1 aromatic heterocycles. The molecule has 5 nitrogen and oxygen atoms in total. The molecule has 3 rings (SSSR count). The van der Waals surface area contributed by atoms with Crippen molar-refractivity contribution >= 4 is 11.8 Å². The summed E-state index contributed by atoms with van der Waals surface area (Å²) in [7, 11) is 1.64. The molecule has 6 heteroatoms. The number of rotatable bonds is 7. The third-order valence-electron chi connectivity index (χ3n) is 3.87. The van der Waals surface area contributed by atoms with Crippen LogP contribution in [0.25, 0.3) is 11.4 Å². The minimum atomic E-state index is 0.608. The second kappa shape index (κ2) is 8.37. The van der Waals surface area contributed by atoms with Crippen LogP contribution in [0, 0.1) is 11.3 Å². The van der Waals surface area contributed by atoms with Crippen LogP contribution in [0.2, 0.25) is 0 Å². The number of allylic oxidation sites excluding steroid dienone is 1. The quantitative estimate of drug-likeness (QED) is 0.463. The van der Waals surface area contributed by atoms with Crippen LogP contribution in [-0.4, -0.2) is 21.9 Å². The van der Waals surface area contributed by atoms with Gasteiger partial charge in [-0.1, -0.05) is 36.0 Å². The van der Waals surface area contributed by atoms with Crippen LogP contribution in [0.3, 0.4) is 0 Å². The molecule has 1 heterocycles. The van der Waals surface area contributed by atoms with Gasteiger partial charge in [0.15, 0.2) is 11.0 Å². The molecule has 0 saturated carbocycles.